The van der Waals surface area contributed by atoms with Crippen LogP contribution < -0.4 is 29.6 Å². The van der Waals surface area contributed by atoms with Crippen LogP contribution in [0, 0.1) is 0 Å². The minimum absolute atomic E-state index is 0. The maximum atomic E-state index is 11.7. The standard InChI is InChI=1S/C26H54O4S.C4H10O.Na.H/c1-3-5-7-9-11-13-15-16-18-20-22-24-26-30-31(27,28)29-25-23-21-19-17-14-12-10-8-6-4-2;1-3-5-4-2;;/h3-26H2,1-2H3;3-4H2,1-2H3;;/q;;+1;-1. The molecule has 5 nitrogen and oxygen atoms in total. The van der Waals surface area contributed by atoms with E-state index in [0.29, 0.717) is 0 Å². The van der Waals surface area contributed by atoms with Gasteiger partial charge in [-0.05, 0) is 26.7 Å². The fraction of sp³-hybridized carbons (Fsp3) is 1.00. The number of hydrogen-bond donors (Lipinski definition) is 0. The molecule has 0 saturated heterocycles. The first-order valence-corrected chi connectivity index (χ1v) is 17.0. The average Bonchev–Trinajstić information content (AvgIpc) is 2.86. The Morgan fingerprint density at radius 3 is 0.892 bits per heavy atom. The summed E-state index contributed by atoms with van der Waals surface area (Å²) in [5.41, 5.74) is 0. The monoisotopic (exact) mass is 560 g/mol. The van der Waals surface area contributed by atoms with Crippen LogP contribution in [0.2, 0.25) is 0 Å². The van der Waals surface area contributed by atoms with Gasteiger partial charge in [0.2, 0.25) is 0 Å². The zero-order valence-electron chi connectivity index (χ0n) is 26.8. The van der Waals surface area contributed by atoms with E-state index in [-0.39, 0.29) is 44.2 Å². The van der Waals surface area contributed by atoms with Gasteiger partial charge < -0.3 is 6.16 Å². The maximum Gasteiger partial charge on any atom is 1.00 e. The molecule has 0 aromatic carbocycles. The van der Waals surface area contributed by atoms with E-state index in [1.165, 1.54) is 109 Å². The van der Waals surface area contributed by atoms with Crippen molar-refractivity contribution >= 4 is 10.4 Å². The Bertz CT molecular complexity index is 493. The molecular formula is C30H65NaO5S. The van der Waals surface area contributed by atoms with Gasteiger partial charge >= 0.3 is 40.0 Å². The first kappa shape index (κ1) is 42.3. The van der Waals surface area contributed by atoms with Crippen LogP contribution in [0.5, 0.6) is 0 Å². The van der Waals surface area contributed by atoms with Crippen LogP contribution in [0.15, 0.2) is 0 Å². The second kappa shape index (κ2) is 36.8. The normalized spacial score (nSPS) is 11.1. The molecule has 0 heterocycles. The fourth-order valence-electron chi connectivity index (χ4n) is 4.09. The summed E-state index contributed by atoms with van der Waals surface area (Å²) < 4.78 is 38.3. The van der Waals surface area contributed by atoms with Gasteiger partial charge in [-0.3, -0.25) is 0 Å². The molecule has 7 heteroatoms. The smallest absolute Gasteiger partial charge is 1.00 e. The van der Waals surface area contributed by atoms with Crippen molar-refractivity contribution in [3.8, 4) is 0 Å². The molecule has 0 saturated carbocycles. The Hall–Kier alpha value is 0.830. The topological polar surface area (TPSA) is 61.8 Å². The van der Waals surface area contributed by atoms with Gasteiger partial charge in [-0.25, -0.2) is 8.37 Å². The Kier molecular flexibility index (Phi) is 42.1. The summed E-state index contributed by atoms with van der Waals surface area (Å²) >= 11 is 0. The number of ether oxygens (including phenoxy) is 1. The van der Waals surface area contributed by atoms with E-state index in [9.17, 15) is 8.42 Å². The van der Waals surface area contributed by atoms with Gasteiger partial charge in [0.25, 0.3) is 0 Å². The summed E-state index contributed by atoms with van der Waals surface area (Å²) in [6.07, 6.45) is 27.3. The molecule has 0 unspecified atom stereocenters. The summed E-state index contributed by atoms with van der Waals surface area (Å²) in [4.78, 5) is 0. The molecular weight excluding hydrogens is 495 g/mol. The van der Waals surface area contributed by atoms with Crippen molar-refractivity contribution in [2.75, 3.05) is 26.4 Å². The van der Waals surface area contributed by atoms with Crippen molar-refractivity contribution < 1.29 is 52.5 Å². The van der Waals surface area contributed by atoms with Gasteiger partial charge in [-0.15, -0.1) is 0 Å². The van der Waals surface area contributed by atoms with Crippen LogP contribution in [-0.4, -0.2) is 34.8 Å². The van der Waals surface area contributed by atoms with Gasteiger partial charge in [0.05, 0.1) is 13.2 Å². The van der Waals surface area contributed by atoms with E-state index in [1.807, 2.05) is 13.8 Å². The van der Waals surface area contributed by atoms with Crippen LogP contribution in [0.1, 0.15) is 170 Å². The molecule has 222 valence electrons. The van der Waals surface area contributed by atoms with Gasteiger partial charge in [-0.1, -0.05) is 142 Å². The Morgan fingerprint density at radius 1 is 0.432 bits per heavy atom. The fourth-order valence-corrected chi connectivity index (χ4v) is 4.80. The predicted octanol–water partition coefficient (Wildman–Crippen LogP) is 7.05. The van der Waals surface area contributed by atoms with Crippen molar-refractivity contribution in [3.63, 3.8) is 0 Å². The third-order valence-electron chi connectivity index (χ3n) is 6.36. The Morgan fingerprint density at radius 2 is 0.676 bits per heavy atom. The molecule has 0 amide bonds. The number of hydrogen-bond acceptors (Lipinski definition) is 5. The van der Waals surface area contributed by atoms with E-state index in [4.69, 9.17) is 13.1 Å². The molecule has 0 radical (unpaired) electrons. The van der Waals surface area contributed by atoms with E-state index in [2.05, 4.69) is 13.8 Å². The largest absolute Gasteiger partial charge is 1.00 e. The molecule has 0 aromatic heterocycles. The summed E-state index contributed by atoms with van der Waals surface area (Å²) in [7, 11) is -3.81. The second-order valence-electron chi connectivity index (χ2n) is 9.90. The third-order valence-corrected chi connectivity index (χ3v) is 7.27. The molecule has 0 fully saturated rings. The molecule has 0 aliphatic heterocycles. The molecule has 0 atom stereocenters. The summed E-state index contributed by atoms with van der Waals surface area (Å²) in [6.45, 7) is 10.7. The Labute approximate surface area is 257 Å². The van der Waals surface area contributed by atoms with Gasteiger partial charge in [0.1, 0.15) is 0 Å². The van der Waals surface area contributed by atoms with Gasteiger partial charge in [0, 0.05) is 13.2 Å². The van der Waals surface area contributed by atoms with Crippen LogP contribution in [0.4, 0.5) is 0 Å². The quantitative estimate of drug-likeness (QED) is 0.0758. The zero-order chi connectivity index (χ0) is 27.0. The molecule has 0 aromatic rings. The zero-order valence-corrected chi connectivity index (χ0v) is 28.7. The summed E-state index contributed by atoms with van der Waals surface area (Å²) in [5, 5.41) is 0. The average molecular weight is 561 g/mol. The van der Waals surface area contributed by atoms with Crippen molar-refractivity contribution in [1.82, 2.24) is 0 Å². The van der Waals surface area contributed by atoms with Crippen molar-refractivity contribution in [3.05, 3.63) is 0 Å². The molecule has 0 bridgehead atoms. The minimum atomic E-state index is -3.81. The van der Waals surface area contributed by atoms with E-state index in [0.717, 1.165) is 45.3 Å². The molecule has 0 N–H and O–H groups in total. The van der Waals surface area contributed by atoms with Crippen LogP contribution in [0.25, 0.3) is 0 Å². The first-order chi connectivity index (χ1) is 17.5. The van der Waals surface area contributed by atoms with E-state index < -0.39 is 10.4 Å². The van der Waals surface area contributed by atoms with Crippen LogP contribution >= 0.6 is 0 Å². The van der Waals surface area contributed by atoms with Crippen molar-refractivity contribution in [1.29, 1.82) is 0 Å². The SMILES string of the molecule is CCCCCCCCCCCCCCOS(=O)(=O)OCCCCCCCCCCCC.CCOCC.[H-].[Na+]. The molecule has 0 aliphatic carbocycles. The molecule has 0 rings (SSSR count). The molecule has 37 heavy (non-hydrogen) atoms. The van der Waals surface area contributed by atoms with E-state index >= 15 is 0 Å². The van der Waals surface area contributed by atoms with Crippen LogP contribution in [-0.2, 0) is 23.5 Å². The summed E-state index contributed by atoms with van der Waals surface area (Å²) in [5.74, 6) is 0. The van der Waals surface area contributed by atoms with Gasteiger partial charge in [0.15, 0.2) is 0 Å². The van der Waals surface area contributed by atoms with Crippen molar-refractivity contribution in [2.24, 2.45) is 0 Å². The predicted molar refractivity (Wildman–Crippen MR) is 157 cm³/mol. The maximum absolute atomic E-state index is 11.7. The third kappa shape index (κ3) is 41.5. The van der Waals surface area contributed by atoms with E-state index in [1.54, 1.807) is 0 Å². The number of unbranched alkanes of at least 4 members (excludes halogenated alkanes) is 20. The second-order valence-corrected chi connectivity index (χ2v) is 11.2. The first-order valence-electron chi connectivity index (χ1n) is 15.6. The number of rotatable bonds is 28. The summed E-state index contributed by atoms with van der Waals surface area (Å²) in [6, 6.07) is 0. The Balaban J connectivity index is -0.000000749. The van der Waals surface area contributed by atoms with Crippen molar-refractivity contribution in [2.45, 2.75) is 169 Å². The minimum Gasteiger partial charge on any atom is -1.00 e. The van der Waals surface area contributed by atoms with Gasteiger partial charge in [-0.2, -0.15) is 8.42 Å². The molecule has 0 spiro atoms. The van der Waals surface area contributed by atoms with Crippen LogP contribution in [0.3, 0.4) is 0 Å². The molecule has 0 aliphatic rings.